The van der Waals surface area contributed by atoms with Crippen LogP contribution < -0.4 is 5.32 Å². The minimum absolute atomic E-state index is 0.0506. The number of carbonyl (C=O) groups is 2. The molecule has 1 amide bonds. The van der Waals surface area contributed by atoms with Crippen LogP contribution in [0.25, 0.3) is 11.3 Å². The molecule has 0 spiro atoms. The van der Waals surface area contributed by atoms with Crippen LogP contribution in [0.5, 0.6) is 0 Å². The van der Waals surface area contributed by atoms with Gasteiger partial charge in [0.25, 0.3) is 0 Å². The van der Waals surface area contributed by atoms with Crippen LogP contribution >= 0.6 is 0 Å². The molecule has 1 N–H and O–H groups in total. The molecule has 1 fully saturated rings. The number of ether oxygens (including phenoxy) is 1. The predicted molar refractivity (Wildman–Crippen MR) is 148 cm³/mol. The zero-order valence-electron chi connectivity index (χ0n) is 23.2. The Morgan fingerprint density at radius 3 is 2.50 bits per heavy atom. The molecule has 2 aliphatic rings. The van der Waals surface area contributed by atoms with Crippen molar-refractivity contribution in [2.24, 2.45) is 5.92 Å². The normalized spacial score (nSPS) is 22.1. The summed E-state index contributed by atoms with van der Waals surface area (Å²) in [7, 11) is 0. The maximum absolute atomic E-state index is 13.7. The van der Waals surface area contributed by atoms with E-state index < -0.39 is 17.2 Å². The third-order valence-corrected chi connectivity index (χ3v) is 7.50. The van der Waals surface area contributed by atoms with E-state index in [0.29, 0.717) is 0 Å². The van der Waals surface area contributed by atoms with Crippen molar-refractivity contribution < 1.29 is 18.8 Å². The Bertz CT molecular complexity index is 1150. The molecule has 2 heterocycles. The van der Waals surface area contributed by atoms with E-state index in [1.54, 1.807) is 11.1 Å². The van der Waals surface area contributed by atoms with Crippen LogP contribution in [0.15, 0.2) is 47.2 Å². The lowest BCUT2D eigenvalue weighted by molar-refractivity contribution is -0.110. The minimum Gasteiger partial charge on any atom is -0.444 e. The summed E-state index contributed by atoms with van der Waals surface area (Å²) < 4.78 is 11.2. The third-order valence-electron chi connectivity index (χ3n) is 7.50. The SMILES string of the molecule is Cc1noc(C)c1-c1ccc(NC2C=CC=C[C@]2(C2CCCCCC2)N(CC=O)C(=O)OC(C)(C)C)cn1. The van der Waals surface area contributed by atoms with Gasteiger partial charge in [-0.15, -0.1) is 0 Å². The van der Waals surface area contributed by atoms with Crippen LogP contribution in [0, 0.1) is 19.8 Å². The fraction of sp³-hybridized carbons (Fsp3) is 0.533. The summed E-state index contributed by atoms with van der Waals surface area (Å²) in [6, 6.07) is 3.65. The molecule has 0 aliphatic heterocycles. The van der Waals surface area contributed by atoms with E-state index in [2.05, 4.69) is 27.6 Å². The topological polar surface area (TPSA) is 97.6 Å². The van der Waals surface area contributed by atoms with E-state index in [9.17, 15) is 9.59 Å². The maximum atomic E-state index is 13.7. The number of rotatable bonds is 7. The second-order valence-corrected chi connectivity index (χ2v) is 11.3. The fourth-order valence-electron chi connectivity index (χ4n) is 5.85. The van der Waals surface area contributed by atoms with Gasteiger partial charge in [0.15, 0.2) is 0 Å². The number of hydrogen-bond acceptors (Lipinski definition) is 7. The van der Waals surface area contributed by atoms with Gasteiger partial charge in [-0.3, -0.25) is 9.88 Å². The van der Waals surface area contributed by atoms with Gasteiger partial charge >= 0.3 is 6.09 Å². The van der Waals surface area contributed by atoms with Gasteiger partial charge < -0.3 is 19.4 Å². The fourth-order valence-corrected chi connectivity index (χ4v) is 5.85. The van der Waals surface area contributed by atoms with E-state index in [0.717, 1.165) is 60.4 Å². The van der Waals surface area contributed by atoms with Gasteiger partial charge in [0.1, 0.15) is 17.6 Å². The van der Waals surface area contributed by atoms with E-state index >= 15 is 0 Å². The van der Waals surface area contributed by atoms with Gasteiger partial charge in [-0.05, 0) is 65.5 Å². The molecular weight excluding hydrogens is 480 g/mol. The molecule has 204 valence electrons. The average molecular weight is 521 g/mol. The lowest BCUT2D eigenvalue weighted by atomic mass is 9.70. The number of hydrogen-bond donors (Lipinski definition) is 1. The highest BCUT2D eigenvalue weighted by molar-refractivity contribution is 5.74. The molecule has 0 aromatic carbocycles. The van der Waals surface area contributed by atoms with Crippen molar-refractivity contribution in [1.82, 2.24) is 15.0 Å². The second kappa shape index (κ2) is 11.5. The molecule has 2 aromatic rings. The quantitative estimate of drug-likeness (QED) is 0.333. The maximum Gasteiger partial charge on any atom is 0.411 e. The summed E-state index contributed by atoms with van der Waals surface area (Å²) in [5, 5.41) is 7.68. The predicted octanol–water partition coefficient (Wildman–Crippen LogP) is 6.41. The van der Waals surface area contributed by atoms with Crippen LogP contribution in [0.2, 0.25) is 0 Å². The molecule has 38 heavy (non-hydrogen) atoms. The van der Waals surface area contributed by atoms with Gasteiger partial charge in [0, 0.05) is 0 Å². The Hall–Kier alpha value is -3.42. The van der Waals surface area contributed by atoms with Gasteiger partial charge in [0.2, 0.25) is 0 Å². The molecule has 1 saturated carbocycles. The van der Waals surface area contributed by atoms with Crippen molar-refractivity contribution in [2.75, 3.05) is 11.9 Å². The highest BCUT2D eigenvalue weighted by Crippen LogP contribution is 2.43. The number of pyridine rings is 1. The first-order valence-electron chi connectivity index (χ1n) is 13.6. The zero-order valence-corrected chi connectivity index (χ0v) is 23.2. The van der Waals surface area contributed by atoms with Crippen molar-refractivity contribution >= 4 is 18.1 Å². The van der Waals surface area contributed by atoms with E-state index in [-0.39, 0.29) is 18.5 Å². The number of allylic oxidation sites excluding steroid dienone is 2. The summed E-state index contributed by atoms with van der Waals surface area (Å²) in [4.78, 5) is 31.9. The molecular formula is C30H40N4O4. The van der Waals surface area contributed by atoms with E-state index in [1.165, 1.54) is 12.8 Å². The monoisotopic (exact) mass is 520 g/mol. The molecule has 2 aromatic heterocycles. The lowest BCUT2D eigenvalue weighted by Crippen LogP contribution is -2.65. The number of aldehydes is 1. The van der Waals surface area contributed by atoms with Crippen molar-refractivity contribution in [3.63, 3.8) is 0 Å². The van der Waals surface area contributed by atoms with Crippen molar-refractivity contribution in [2.45, 2.75) is 90.3 Å². The van der Waals surface area contributed by atoms with E-state index in [4.69, 9.17) is 9.26 Å². The molecule has 0 saturated heterocycles. The molecule has 0 radical (unpaired) electrons. The molecule has 8 nitrogen and oxygen atoms in total. The lowest BCUT2D eigenvalue weighted by Gasteiger charge is -2.51. The summed E-state index contributed by atoms with van der Waals surface area (Å²) >= 11 is 0. The number of nitrogens with one attached hydrogen (secondary N) is 1. The molecule has 2 aliphatic carbocycles. The molecule has 2 atom stereocenters. The van der Waals surface area contributed by atoms with Crippen LogP contribution in [-0.2, 0) is 9.53 Å². The first-order valence-corrected chi connectivity index (χ1v) is 13.6. The molecule has 1 unspecified atom stereocenters. The Kier molecular flexibility index (Phi) is 8.38. The molecule has 8 heteroatoms. The molecule has 4 rings (SSSR count). The summed E-state index contributed by atoms with van der Waals surface area (Å²) in [6.45, 7) is 9.27. The number of aryl methyl sites for hydroxylation is 2. The number of nitrogens with zero attached hydrogens (tertiary/aromatic N) is 3. The Morgan fingerprint density at radius 1 is 1.18 bits per heavy atom. The van der Waals surface area contributed by atoms with Crippen LogP contribution in [0.1, 0.15) is 70.8 Å². The van der Waals surface area contributed by atoms with Crippen LogP contribution in [0.4, 0.5) is 10.5 Å². The minimum atomic E-state index is -0.775. The Labute approximate surface area is 225 Å². The largest absolute Gasteiger partial charge is 0.444 e. The number of carbonyl (C=O) groups excluding carboxylic acids is 2. The molecule has 0 bridgehead atoms. The number of amides is 1. The van der Waals surface area contributed by atoms with Gasteiger partial charge in [-0.1, -0.05) is 55.1 Å². The zero-order chi connectivity index (χ0) is 27.3. The average Bonchev–Trinajstić information content (AvgIpc) is 3.05. The van der Waals surface area contributed by atoms with Gasteiger partial charge in [-0.2, -0.15) is 0 Å². The van der Waals surface area contributed by atoms with Gasteiger partial charge in [-0.25, -0.2) is 4.79 Å². The standard InChI is InChI=1S/C30H40N4O4/c1-21-27(22(2)38-33-21)25-16-15-24(20-31-25)32-26-14-10-11-17-30(26,23-12-8-6-7-9-13-23)34(18-19-35)28(36)37-29(3,4)5/h10-11,14-17,19-20,23,26,32H,6-9,12-13,18H2,1-5H3/t26?,30-/m1/s1. The highest BCUT2D eigenvalue weighted by Gasteiger charge is 2.51. The third kappa shape index (κ3) is 5.84. The van der Waals surface area contributed by atoms with E-state index in [1.807, 2.05) is 58.9 Å². The van der Waals surface area contributed by atoms with Crippen molar-refractivity contribution in [3.8, 4) is 11.3 Å². The highest BCUT2D eigenvalue weighted by atomic mass is 16.6. The van der Waals surface area contributed by atoms with Gasteiger partial charge in [0.05, 0.1) is 47.0 Å². The first-order chi connectivity index (χ1) is 18.2. The summed E-state index contributed by atoms with van der Waals surface area (Å²) in [5.74, 6) is 0.885. The van der Waals surface area contributed by atoms with Crippen LogP contribution in [-0.4, -0.2) is 51.1 Å². The van der Waals surface area contributed by atoms with Crippen LogP contribution in [0.3, 0.4) is 0 Å². The summed E-state index contributed by atoms with van der Waals surface area (Å²) in [5.41, 5.74) is 1.84. The Morgan fingerprint density at radius 2 is 1.92 bits per heavy atom. The number of aromatic nitrogens is 2. The van der Waals surface area contributed by atoms with Crippen molar-refractivity contribution in [3.05, 3.63) is 54.1 Å². The first kappa shape index (κ1) is 27.6. The Balaban J connectivity index is 1.72. The smallest absolute Gasteiger partial charge is 0.411 e. The second-order valence-electron chi connectivity index (χ2n) is 11.3. The van der Waals surface area contributed by atoms with Crippen molar-refractivity contribution in [1.29, 1.82) is 0 Å². The number of anilines is 1. The summed E-state index contributed by atoms with van der Waals surface area (Å²) in [6.07, 6.45) is 16.7.